The summed E-state index contributed by atoms with van der Waals surface area (Å²) >= 11 is 12.4. The molecular formula is C18H14Cl2N4O. The van der Waals surface area contributed by atoms with Gasteiger partial charge in [0.15, 0.2) is 0 Å². The third-order valence-electron chi connectivity index (χ3n) is 3.68. The van der Waals surface area contributed by atoms with Crippen molar-refractivity contribution in [1.82, 2.24) is 15.0 Å². The maximum Gasteiger partial charge on any atom is 0.324 e. The molecule has 0 spiro atoms. The van der Waals surface area contributed by atoms with E-state index in [1.165, 1.54) is 0 Å². The van der Waals surface area contributed by atoms with Crippen LogP contribution in [0.4, 0.5) is 0 Å². The van der Waals surface area contributed by atoms with Gasteiger partial charge >= 0.3 is 6.01 Å². The van der Waals surface area contributed by atoms with Gasteiger partial charge in [-0.05, 0) is 18.6 Å². The lowest BCUT2D eigenvalue weighted by Crippen LogP contribution is -1.98. The van der Waals surface area contributed by atoms with Gasteiger partial charge in [0.2, 0.25) is 0 Å². The summed E-state index contributed by atoms with van der Waals surface area (Å²) in [6, 6.07) is 6.97. The topological polar surface area (TPSA) is 74.6 Å². The van der Waals surface area contributed by atoms with Crippen LogP contribution in [-0.2, 0) is 12.8 Å². The van der Waals surface area contributed by atoms with Crippen molar-refractivity contribution in [2.75, 3.05) is 0 Å². The normalized spacial score (nSPS) is 10.6. The summed E-state index contributed by atoms with van der Waals surface area (Å²) in [5.74, 6) is 0.429. The second-order valence-corrected chi connectivity index (χ2v) is 6.08. The second-order valence-electron chi connectivity index (χ2n) is 5.30. The molecule has 0 amide bonds. The SMILES string of the molecule is C=CCc1nc(Oc2ccc(Cl)c(C#N)c2)nc2[nH]c(CC)c(Cl)c12. The molecule has 0 fully saturated rings. The number of aryl methyl sites for hydroxylation is 1. The lowest BCUT2D eigenvalue weighted by atomic mass is 10.2. The number of allylic oxidation sites excluding steroid dienone is 1. The van der Waals surface area contributed by atoms with Gasteiger partial charge in [0.1, 0.15) is 17.5 Å². The molecule has 0 radical (unpaired) electrons. The number of halogens is 2. The standard InChI is InChI=1S/C18H14Cl2N4O/c1-3-5-14-15-16(20)13(4-2)22-17(15)24-18(23-14)25-11-6-7-12(19)10(8-11)9-21/h3,6-8H,1,4-5H2,2H3,(H,22,23,24). The van der Waals surface area contributed by atoms with Gasteiger partial charge in [0.05, 0.1) is 26.7 Å². The Morgan fingerprint density at radius 2 is 2.16 bits per heavy atom. The third-order valence-corrected chi connectivity index (χ3v) is 4.42. The monoisotopic (exact) mass is 372 g/mol. The van der Waals surface area contributed by atoms with Crippen molar-refractivity contribution in [3.63, 3.8) is 0 Å². The van der Waals surface area contributed by atoms with Gasteiger partial charge < -0.3 is 9.72 Å². The summed E-state index contributed by atoms with van der Waals surface area (Å²) in [5.41, 5.74) is 2.55. The zero-order valence-corrected chi connectivity index (χ0v) is 14.9. The number of nitriles is 1. The molecule has 7 heteroatoms. The first kappa shape index (κ1) is 17.3. The molecule has 126 valence electrons. The number of aromatic nitrogens is 3. The predicted molar refractivity (Wildman–Crippen MR) is 98.4 cm³/mol. The van der Waals surface area contributed by atoms with E-state index in [2.05, 4.69) is 21.5 Å². The molecule has 5 nitrogen and oxygen atoms in total. The van der Waals surface area contributed by atoms with Crippen LogP contribution in [0.15, 0.2) is 30.9 Å². The molecule has 0 saturated heterocycles. The minimum Gasteiger partial charge on any atom is -0.424 e. The van der Waals surface area contributed by atoms with Crippen molar-refractivity contribution in [2.24, 2.45) is 0 Å². The number of aromatic amines is 1. The second kappa shape index (κ2) is 7.14. The largest absolute Gasteiger partial charge is 0.424 e. The summed E-state index contributed by atoms with van der Waals surface area (Å²) in [7, 11) is 0. The van der Waals surface area contributed by atoms with Gasteiger partial charge in [-0.15, -0.1) is 6.58 Å². The Labute approximate surface area is 154 Å². The van der Waals surface area contributed by atoms with E-state index >= 15 is 0 Å². The molecule has 0 aliphatic rings. The number of hydrogen-bond donors (Lipinski definition) is 1. The van der Waals surface area contributed by atoms with Crippen LogP contribution >= 0.6 is 23.2 Å². The molecule has 0 saturated carbocycles. The van der Waals surface area contributed by atoms with Crippen molar-refractivity contribution in [2.45, 2.75) is 19.8 Å². The molecule has 3 aromatic rings. The van der Waals surface area contributed by atoms with E-state index in [9.17, 15) is 0 Å². The van der Waals surface area contributed by atoms with Crippen LogP contribution in [0.1, 0.15) is 23.9 Å². The molecule has 25 heavy (non-hydrogen) atoms. The first-order chi connectivity index (χ1) is 12.1. The summed E-state index contributed by atoms with van der Waals surface area (Å²) in [6.45, 7) is 5.77. The molecule has 2 heterocycles. The first-order valence-corrected chi connectivity index (χ1v) is 8.38. The van der Waals surface area contributed by atoms with Gasteiger partial charge in [-0.25, -0.2) is 0 Å². The van der Waals surface area contributed by atoms with Crippen LogP contribution in [0.3, 0.4) is 0 Å². The Kier molecular flexibility index (Phi) is 4.93. The van der Waals surface area contributed by atoms with E-state index in [1.807, 2.05) is 13.0 Å². The maximum absolute atomic E-state index is 9.07. The summed E-state index contributed by atoms with van der Waals surface area (Å²) in [5, 5.41) is 10.8. The molecule has 0 bridgehead atoms. The highest BCUT2D eigenvalue weighted by Crippen LogP contribution is 2.32. The third kappa shape index (κ3) is 3.32. The molecule has 0 aliphatic heterocycles. The minimum absolute atomic E-state index is 0.163. The fourth-order valence-electron chi connectivity index (χ4n) is 2.49. The van der Waals surface area contributed by atoms with Crippen molar-refractivity contribution in [3.05, 3.63) is 57.9 Å². The average molecular weight is 373 g/mol. The highest BCUT2D eigenvalue weighted by Gasteiger charge is 2.17. The number of fused-ring (bicyclic) bond motifs is 1. The molecule has 0 aliphatic carbocycles. The zero-order valence-electron chi connectivity index (χ0n) is 13.4. The van der Waals surface area contributed by atoms with E-state index in [-0.39, 0.29) is 6.01 Å². The lowest BCUT2D eigenvalue weighted by molar-refractivity contribution is 0.442. The smallest absolute Gasteiger partial charge is 0.324 e. The Bertz CT molecular complexity index is 1000. The number of nitrogens with zero attached hydrogens (tertiary/aromatic N) is 3. The van der Waals surface area contributed by atoms with Crippen molar-refractivity contribution in [3.8, 4) is 17.8 Å². The molecule has 0 unspecified atom stereocenters. The van der Waals surface area contributed by atoms with Crippen LogP contribution in [0.25, 0.3) is 11.0 Å². The maximum atomic E-state index is 9.07. The summed E-state index contributed by atoms with van der Waals surface area (Å²) in [4.78, 5) is 12.0. The summed E-state index contributed by atoms with van der Waals surface area (Å²) < 4.78 is 5.72. The lowest BCUT2D eigenvalue weighted by Gasteiger charge is -2.07. The number of rotatable bonds is 5. The van der Waals surface area contributed by atoms with Crippen molar-refractivity contribution >= 4 is 34.2 Å². The highest BCUT2D eigenvalue weighted by atomic mass is 35.5. The molecule has 3 rings (SSSR count). The Morgan fingerprint density at radius 3 is 2.84 bits per heavy atom. The Balaban J connectivity index is 2.08. The van der Waals surface area contributed by atoms with E-state index in [0.29, 0.717) is 33.4 Å². The fraction of sp³-hybridized carbons (Fsp3) is 0.167. The minimum atomic E-state index is 0.163. The van der Waals surface area contributed by atoms with Crippen molar-refractivity contribution < 1.29 is 4.74 Å². The quantitative estimate of drug-likeness (QED) is 0.622. The Morgan fingerprint density at radius 1 is 1.36 bits per heavy atom. The van der Waals surface area contributed by atoms with Crippen LogP contribution in [0.5, 0.6) is 11.8 Å². The van der Waals surface area contributed by atoms with E-state index in [4.69, 9.17) is 33.2 Å². The molecule has 1 N–H and O–H groups in total. The van der Waals surface area contributed by atoms with E-state index < -0.39 is 0 Å². The predicted octanol–water partition coefficient (Wildman–Crippen LogP) is 5.22. The number of H-pyrrole nitrogens is 1. The van der Waals surface area contributed by atoms with Gasteiger partial charge in [-0.2, -0.15) is 15.2 Å². The average Bonchev–Trinajstić information content (AvgIpc) is 2.93. The van der Waals surface area contributed by atoms with Crippen LogP contribution in [-0.4, -0.2) is 15.0 Å². The number of hydrogen-bond acceptors (Lipinski definition) is 4. The van der Waals surface area contributed by atoms with Gasteiger partial charge in [-0.1, -0.05) is 36.2 Å². The fourth-order valence-corrected chi connectivity index (χ4v) is 3.03. The van der Waals surface area contributed by atoms with Gasteiger partial charge in [0.25, 0.3) is 0 Å². The summed E-state index contributed by atoms with van der Waals surface area (Å²) in [6.07, 6.45) is 3.03. The van der Waals surface area contributed by atoms with Crippen LogP contribution in [0, 0.1) is 11.3 Å². The molecule has 0 atom stereocenters. The van der Waals surface area contributed by atoms with Crippen LogP contribution < -0.4 is 4.74 Å². The number of ether oxygens (including phenoxy) is 1. The molecular weight excluding hydrogens is 359 g/mol. The first-order valence-electron chi connectivity index (χ1n) is 7.62. The Hall–Kier alpha value is -2.55. The van der Waals surface area contributed by atoms with Gasteiger partial charge in [0, 0.05) is 18.2 Å². The number of nitrogens with one attached hydrogen (secondary N) is 1. The molecule has 2 aromatic heterocycles. The zero-order chi connectivity index (χ0) is 18.0. The van der Waals surface area contributed by atoms with Crippen LogP contribution in [0.2, 0.25) is 10.0 Å². The van der Waals surface area contributed by atoms with Crippen molar-refractivity contribution in [1.29, 1.82) is 5.26 Å². The van der Waals surface area contributed by atoms with E-state index in [0.717, 1.165) is 23.2 Å². The van der Waals surface area contributed by atoms with E-state index in [1.54, 1.807) is 24.3 Å². The van der Waals surface area contributed by atoms with Gasteiger partial charge in [-0.3, -0.25) is 0 Å². The number of benzene rings is 1. The molecule has 1 aromatic carbocycles. The highest BCUT2D eigenvalue weighted by molar-refractivity contribution is 6.36.